The fraction of sp³-hybridized carbons (Fsp3) is 0.750. The van der Waals surface area contributed by atoms with Crippen LogP contribution in [0.15, 0.2) is 12.3 Å². The van der Waals surface area contributed by atoms with Crippen LogP contribution in [0.1, 0.15) is 44.8 Å². The molecule has 2 rings (SSSR count). The molecule has 1 fully saturated rings. The zero-order valence-electron chi connectivity index (χ0n) is 10.0. The molecule has 1 aromatic rings. The molecule has 0 spiro atoms. The van der Waals surface area contributed by atoms with Gasteiger partial charge in [0, 0.05) is 30.2 Å². The lowest BCUT2D eigenvalue weighted by molar-refractivity contribution is 0.466. The molecule has 3 nitrogen and oxygen atoms in total. The summed E-state index contributed by atoms with van der Waals surface area (Å²) in [6.07, 6.45) is 5.57. The maximum Gasteiger partial charge on any atom is 0.0762 e. The Labute approximate surface area is 102 Å². The average molecular weight is 242 g/mol. The van der Waals surface area contributed by atoms with E-state index in [9.17, 15) is 0 Å². The van der Waals surface area contributed by atoms with Gasteiger partial charge in [-0.15, -0.1) is 11.6 Å². The normalized spacial score (nSPS) is 19.7. The van der Waals surface area contributed by atoms with Gasteiger partial charge in [0.2, 0.25) is 0 Å². The number of alkyl halides is 1. The molecule has 1 atom stereocenters. The van der Waals surface area contributed by atoms with Gasteiger partial charge in [0.05, 0.1) is 5.69 Å². The number of nitrogens with one attached hydrogen (secondary N) is 1. The molecule has 1 aliphatic rings. The highest BCUT2D eigenvalue weighted by atomic mass is 35.5. The van der Waals surface area contributed by atoms with E-state index >= 15 is 0 Å². The fourth-order valence-electron chi connectivity index (χ4n) is 1.69. The van der Waals surface area contributed by atoms with Crippen LogP contribution in [-0.2, 0) is 6.54 Å². The molecule has 1 aromatic heterocycles. The highest BCUT2D eigenvalue weighted by molar-refractivity contribution is 6.18. The summed E-state index contributed by atoms with van der Waals surface area (Å²) in [5.41, 5.74) is 1.32. The van der Waals surface area contributed by atoms with Gasteiger partial charge in [-0.2, -0.15) is 5.10 Å². The Kier molecular flexibility index (Phi) is 3.55. The summed E-state index contributed by atoms with van der Waals surface area (Å²) >= 11 is 5.91. The van der Waals surface area contributed by atoms with Crippen molar-refractivity contribution in [1.29, 1.82) is 0 Å². The van der Waals surface area contributed by atoms with Crippen molar-refractivity contribution in [2.45, 2.75) is 51.2 Å². The summed E-state index contributed by atoms with van der Waals surface area (Å²) in [4.78, 5) is 0. The largest absolute Gasteiger partial charge is 0.304 e. The SMILES string of the molecule is CCC(C)n1ccc(CNC2(CCl)CC2)n1. The van der Waals surface area contributed by atoms with Gasteiger partial charge in [-0.05, 0) is 32.3 Å². The third-order valence-electron chi connectivity index (χ3n) is 3.46. The van der Waals surface area contributed by atoms with Crippen LogP contribution in [0.2, 0.25) is 0 Å². The highest BCUT2D eigenvalue weighted by Crippen LogP contribution is 2.36. The van der Waals surface area contributed by atoms with Crippen molar-refractivity contribution in [1.82, 2.24) is 15.1 Å². The summed E-state index contributed by atoms with van der Waals surface area (Å²) in [6.45, 7) is 5.19. The molecule has 0 saturated heterocycles. The maximum absolute atomic E-state index is 5.91. The minimum atomic E-state index is 0.210. The van der Waals surface area contributed by atoms with E-state index in [-0.39, 0.29) is 5.54 Å². The third kappa shape index (κ3) is 2.58. The van der Waals surface area contributed by atoms with Gasteiger partial charge in [0.25, 0.3) is 0 Å². The zero-order chi connectivity index (χ0) is 11.6. The van der Waals surface area contributed by atoms with Crippen molar-refractivity contribution < 1.29 is 0 Å². The van der Waals surface area contributed by atoms with Crippen molar-refractivity contribution in [3.63, 3.8) is 0 Å². The Bertz CT molecular complexity index is 344. The molecule has 0 amide bonds. The van der Waals surface area contributed by atoms with E-state index in [0.717, 1.165) is 18.7 Å². The highest BCUT2D eigenvalue weighted by Gasteiger charge is 2.41. The van der Waals surface area contributed by atoms with Crippen LogP contribution in [-0.4, -0.2) is 21.2 Å². The number of rotatable bonds is 6. The van der Waals surface area contributed by atoms with E-state index in [1.54, 1.807) is 0 Å². The lowest BCUT2D eigenvalue weighted by atomic mass is 10.3. The summed E-state index contributed by atoms with van der Waals surface area (Å²) in [5, 5.41) is 8.06. The summed E-state index contributed by atoms with van der Waals surface area (Å²) in [6, 6.07) is 2.57. The number of aromatic nitrogens is 2. The topological polar surface area (TPSA) is 29.9 Å². The van der Waals surface area contributed by atoms with Crippen LogP contribution in [0.4, 0.5) is 0 Å². The molecule has 1 N–H and O–H groups in total. The van der Waals surface area contributed by atoms with Gasteiger partial charge < -0.3 is 5.32 Å². The Morgan fingerprint density at radius 3 is 2.94 bits per heavy atom. The second-order valence-electron chi connectivity index (χ2n) is 4.81. The number of halogens is 1. The number of hydrogen-bond acceptors (Lipinski definition) is 2. The molecule has 90 valence electrons. The maximum atomic E-state index is 5.91. The molecular formula is C12H20ClN3. The minimum Gasteiger partial charge on any atom is -0.304 e. The monoisotopic (exact) mass is 241 g/mol. The van der Waals surface area contributed by atoms with E-state index < -0.39 is 0 Å². The van der Waals surface area contributed by atoms with Gasteiger partial charge >= 0.3 is 0 Å². The van der Waals surface area contributed by atoms with E-state index in [1.807, 2.05) is 4.68 Å². The average Bonchev–Trinajstić information content (AvgIpc) is 2.95. The van der Waals surface area contributed by atoms with Gasteiger partial charge in [-0.1, -0.05) is 6.92 Å². The molecule has 1 aliphatic carbocycles. The molecule has 4 heteroatoms. The smallest absolute Gasteiger partial charge is 0.0762 e. The van der Waals surface area contributed by atoms with Crippen molar-refractivity contribution in [3.8, 4) is 0 Å². The van der Waals surface area contributed by atoms with Crippen LogP contribution < -0.4 is 5.32 Å². The quantitative estimate of drug-likeness (QED) is 0.777. The molecule has 1 saturated carbocycles. The van der Waals surface area contributed by atoms with E-state index in [4.69, 9.17) is 11.6 Å². The molecule has 1 unspecified atom stereocenters. The second-order valence-corrected chi connectivity index (χ2v) is 5.08. The van der Waals surface area contributed by atoms with Gasteiger partial charge in [-0.25, -0.2) is 0 Å². The summed E-state index contributed by atoms with van der Waals surface area (Å²) in [5.74, 6) is 0.707. The molecule has 0 bridgehead atoms. The van der Waals surface area contributed by atoms with Crippen LogP contribution in [0.25, 0.3) is 0 Å². The van der Waals surface area contributed by atoms with Crippen molar-refractivity contribution in [2.24, 2.45) is 0 Å². The van der Waals surface area contributed by atoms with Crippen molar-refractivity contribution in [2.75, 3.05) is 5.88 Å². The van der Waals surface area contributed by atoms with Gasteiger partial charge in [0.15, 0.2) is 0 Å². The first-order valence-electron chi connectivity index (χ1n) is 6.04. The Balaban J connectivity index is 1.88. The standard InChI is InChI=1S/C12H20ClN3/c1-3-10(2)16-7-4-11(15-16)8-14-12(9-13)5-6-12/h4,7,10,14H,3,5-6,8-9H2,1-2H3. The lowest BCUT2D eigenvalue weighted by Crippen LogP contribution is -2.32. The van der Waals surface area contributed by atoms with E-state index in [1.165, 1.54) is 12.8 Å². The first-order valence-corrected chi connectivity index (χ1v) is 6.57. The Morgan fingerprint density at radius 2 is 2.38 bits per heavy atom. The first-order chi connectivity index (χ1) is 7.69. The predicted molar refractivity (Wildman–Crippen MR) is 66.8 cm³/mol. The minimum absolute atomic E-state index is 0.210. The molecule has 1 heterocycles. The van der Waals surface area contributed by atoms with Crippen LogP contribution in [0.3, 0.4) is 0 Å². The van der Waals surface area contributed by atoms with E-state index in [0.29, 0.717) is 11.9 Å². The molecule has 0 aromatic carbocycles. The number of nitrogens with zero attached hydrogens (tertiary/aromatic N) is 2. The Hall–Kier alpha value is -0.540. The third-order valence-corrected chi connectivity index (χ3v) is 3.97. The lowest BCUT2D eigenvalue weighted by Gasteiger charge is -2.12. The van der Waals surface area contributed by atoms with Gasteiger partial charge in [0.1, 0.15) is 0 Å². The summed E-state index contributed by atoms with van der Waals surface area (Å²) in [7, 11) is 0. The molecular weight excluding hydrogens is 222 g/mol. The first kappa shape index (κ1) is 11.9. The zero-order valence-corrected chi connectivity index (χ0v) is 10.8. The van der Waals surface area contributed by atoms with E-state index in [2.05, 4.69) is 36.5 Å². The second kappa shape index (κ2) is 4.76. The Morgan fingerprint density at radius 1 is 1.62 bits per heavy atom. The predicted octanol–water partition coefficient (Wildman–Crippen LogP) is 2.72. The fourth-order valence-corrected chi connectivity index (χ4v) is 2.05. The van der Waals surface area contributed by atoms with Crippen molar-refractivity contribution in [3.05, 3.63) is 18.0 Å². The van der Waals surface area contributed by atoms with Crippen LogP contribution >= 0.6 is 11.6 Å². The number of hydrogen-bond donors (Lipinski definition) is 1. The summed E-state index contributed by atoms with van der Waals surface area (Å²) < 4.78 is 2.04. The van der Waals surface area contributed by atoms with Crippen molar-refractivity contribution >= 4 is 11.6 Å². The van der Waals surface area contributed by atoms with Gasteiger partial charge in [-0.3, -0.25) is 4.68 Å². The molecule has 0 radical (unpaired) electrons. The molecule has 0 aliphatic heterocycles. The molecule has 16 heavy (non-hydrogen) atoms. The van der Waals surface area contributed by atoms with Crippen LogP contribution in [0.5, 0.6) is 0 Å². The van der Waals surface area contributed by atoms with Crippen LogP contribution in [0, 0.1) is 0 Å².